The Kier molecular flexibility index (Phi) is 6.17. The second kappa shape index (κ2) is 6.30. The van der Waals surface area contributed by atoms with Crippen molar-refractivity contribution in [2.45, 2.75) is 32.4 Å². The molecular weight excluding hydrogens is 166 g/mol. The van der Waals surface area contributed by atoms with Crippen molar-refractivity contribution < 1.29 is 0 Å². The van der Waals surface area contributed by atoms with E-state index in [2.05, 4.69) is 44.5 Å². The molecule has 70 valence electrons. The molecule has 0 aromatic carbocycles. The van der Waals surface area contributed by atoms with E-state index >= 15 is 0 Å². The van der Waals surface area contributed by atoms with Crippen LogP contribution in [0.3, 0.4) is 0 Å². The first-order chi connectivity index (χ1) is 5.56. The first kappa shape index (κ1) is 11.8. The smallest absolute Gasteiger partial charge is 0.0277 e. The fourth-order valence-corrected chi connectivity index (χ4v) is 1.30. The van der Waals surface area contributed by atoms with E-state index in [0.717, 1.165) is 6.42 Å². The van der Waals surface area contributed by atoms with E-state index in [-0.39, 0.29) is 0 Å². The van der Waals surface area contributed by atoms with E-state index in [1.54, 1.807) is 7.05 Å². The fourth-order valence-electron chi connectivity index (χ4n) is 1.11. The lowest BCUT2D eigenvalue weighted by Gasteiger charge is -2.06. The third-order valence-electron chi connectivity index (χ3n) is 1.39. The molecule has 0 aromatic rings. The molecule has 0 aliphatic heterocycles. The van der Waals surface area contributed by atoms with Gasteiger partial charge in [0.15, 0.2) is 0 Å². The largest absolute Gasteiger partial charge is 0.296 e. The quantitative estimate of drug-likeness (QED) is 0.511. The highest BCUT2D eigenvalue weighted by Gasteiger charge is 1.99. The van der Waals surface area contributed by atoms with Crippen molar-refractivity contribution in [2.24, 2.45) is 10.9 Å². The second-order valence-electron chi connectivity index (χ2n) is 3.47. The molecule has 0 spiro atoms. The molecule has 0 saturated heterocycles. The number of allylic oxidation sites excluding steroid dienone is 1. The van der Waals surface area contributed by atoms with Gasteiger partial charge in [-0.15, -0.1) is 0 Å². The van der Waals surface area contributed by atoms with Gasteiger partial charge in [0, 0.05) is 18.5 Å². The normalized spacial score (nSPS) is 16.0. The highest BCUT2D eigenvalue weighted by molar-refractivity contribution is 7.81. The molecule has 0 N–H and O–H groups in total. The summed E-state index contributed by atoms with van der Waals surface area (Å²) >= 11 is 4.31. The molecule has 0 saturated carbocycles. The van der Waals surface area contributed by atoms with Gasteiger partial charge in [-0.05, 0) is 24.8 Å². The zero-order valence-corrected chi connectivity index (χ0v) is 9.31. The van der Waals surface area contributed by atoms with Gasteiger partial charge in [-0.1, -0.05) is 19.9 Å². The number of hydrogen-bond acceptors (Lipinski definition) is 2. The van der Waals surface area contributed by atoms with Gasteiger partial charge in [0.2, 0.25) is 0 Å². The lowest BCUT2D eigenvalue weighted by atomic mass is 10.0. The van der Waals surface area contributed by atoms with Gasteiger partial charge in [-0.3, -0.25) is 4.99 Å². The van der Waals surface area contributed by atoms with Crippen molar-refractivity contribution >= 4 is 18.8 Å². The standard InChI is InChI=1S/C10H19NS/c1-8(2)5-10(7-11-4)6-9(3)12/h6-9,12H,5H2,1-4H3/b10-6-,11-7?. The van der Waals surface area contributed by atoms with Crippen LogP contribution in [0.4, 0.5) is 0 Å². The van der Waals surface area contributed by atoms with Crippen molar-refractivity contribution in [2.75, 3.05) is 7.05 Å². The van der Waals surface area contributed by atoms with Crippen LogP contribution in [0.1, 0.15) is 27.2 Å². The molecule has 0 heterocycles. The Morgan fingerprint density at radius 3 is 2.33 bits per heavy atom. The summed E-state index contributed by atoms with van der Waals surface area (Å²) in [5.74, 6) is 0.682. The topological polar surface area (TPSA) is 12.4 Å². The van der Waals surface area contributed by atoms with E-state index < -0.39 is 0 Å². The third-order valence-corrected chi connectivity index (χ3v) is 1.54. The summed E-state index contributed by atoms with van der Waals surface area (Å²) in [6.07, 6.45) is 5.16. The Morgan fingerprint density at radius 1 is 1.42 bits per heavy atom. The highest BCUT2D eigenvalue weighted by atomic mass is 32.1. The monoisotopic (exact) mass is 185 g/mol. The van der Waals surface area contributed by atoms with Crippen LogP contribution in [-0.4, -0.2) is 18.5 Å². The van der Waals surface area contributed by atoms with Gasteiger partial charge in [0.25, 0.3) is 0 Å². The van der Waals surface area contributed by atoms with Crippen molar-refractivity contribution in [1.29, 1.82) is 0 Å². The minimum Gasteiger partial charge on any atom is -0.296 e. The summed E-state index contributed by atoms with van der Waals surface area (Å²) < 4.78 is 0. The van der Waals surface area contributed by atoms with Crippen LogP contribution in [0.25, 0.3) is 0 Å². The number of aliphatic imine (C=N–C) groups is 1. The molecular formula is C10H19NS. The number of hydrogen-bond donors (Lipinski definition) is 1. The van der Waals surface area contributed by atoms with Gasteiger partial charge in [0.05, 0.1) is 0 Å². The van der Waals surface area contributed by atoms with E-state index in [1.807, 2.05) is 6.21 Å². The van der Waals surface area contributed by atoms with Crippen LogP contribution in [0.2, 0.25) is 0 Å². The molecule has 0 aliphatic rings. The molecule has 0 aromatic heterocycles. The van der Waals surface area contributed by atoms with Crippen LogP contribution in [0, 0.1) is 5.92 Å². The van der Waals surface area contributed by atoms with Crippen LogP contribution in [-0.2, 0) is 0 Å². The van der Waals surface area contributed by atoms with Crippen molar-refractivity contribution in [3.05, 3.63) is 11.6 Å². The Labute approximate surface area is 81.4 Å². The molecule has 0 fully saturated rings. The first-order valence-corrected chi connectivity index (χ1v) is 4.88. The van der Waals surface area contributed by atoms with E-state index in [4.69, 9.17) is 0 Å². The molecule has 1 unspecified atom stereocenters. The summed E-state index contributed by atoms with van der Waals surface area (Å²) in [7, 11) is 1.80. The van der Waals surface area contributed by atoms with Gasteiger partial charge >= 0.3 is 0 Å². The molecule has 12 heavy (non-hydrogen) atoms. The van der Waals surface area contributed by atoms with Crippen molar-refractivity contribution in [1.82, 2.24) is 0 Å². The number of thiol groups is 1. The maximum atomic E-state index is 4.31. The van der Waals surface area contributed by atoms with Gasteiger partial charge < -0.3 is 0 Å². The highest BCUT2D eigenvalue weighted by Crippen LogP contribution is 2.11. The summed E-state index contributed by atoms with van der Waals surface area (Å²) in [6.45, 7) is 6.48. The lowest BCUT2D eigenvalue weighted by molar-refractivity contribution is 0.654. The average molecular weight is 185 g/mol. The molecule has 0 aliphatic carbocycles. The fraction of sp³-hybridized carbons (Fsp3) is 0.700. The van der Waals surface area contributed by atoms with Crippen LogP contribution in [0.15, 0.2) is 16.6 Å². The molecule has 0 rings (SSSR count). The van der Waals surface area contributed by atoms with Gasteiger partial charge in [0.1, 0.15) is 0 Å². The SMILES string of the molecule is CN=C/C(=C\C(C)S)CC(C)C. The maximum Gasteiger partial charge on any atom is 0.0277 e. The summed E-state index contributed by atoms with van der Waals surface area (Å²) in [5.41, 5.74) is 1.29. The Hall–Kier alpha value is -0.240. The van der Waals surface area contributed by atoms with Crippen molar-refractivity contribution in [3.63, 3.8) is 0 Å². The van der Waals surface area contributed by atoms with Crippen LogP contribution in [0.5, 0.6) is 0 Å². The Morgan fingerprint density at radius 2 is 2.00 bits per heavy atom. The van der Waals surface area contributed by atoms with Gasteiger partial charge in [-0.25, -0.2) is 0 Å². The third kappa shape index (κ3) is 6.47. The van der Waals surface area contributed by atoms with E-state index in [9.17, 15) is 0 Å². The minimum absolute atomic E-state index is 0.316. The Bertz CT molecular complexity index is 169. The zero-order valence-electron chi connectivity index (χ0n) is 8.41. The lowest BCUT2D eigenvalue weighted by Crippen LogP contribution is -1.96. The maximum absolute atomic E-state index is 4.31. The summed E-state index contributed by atoms with van der Waals surface area (Å²) in [4.78, 5) is 4.01. The molecule has 0 amide bonds. The van der Waals surface area contributed by atoms with Crippen molar-refractivity contribution in [3.8, 4) is 0 Å². The Balaban J connectivity index is 4.22. The van der Waals surface area contributed by atoms with E-state index in [0.29, 0.717) is 11.2 Å². The van der Waals surface area contributed by atoms with Crippen LogP contribution >= 0.6 is 12.6 Å². The number of nitrogens with zero attached hydrogens (tertiary/aromatic N) is 1. The van der Waals surface area contributed by atoms with Gasteiger partial charge in [-0.2, -0.15) is 12.6 Å². The van der Waals surface area contributed by atoms with Crippen LogP contribution < -0.4 is 0 Å². The molecule has 0 radical (unpaired) electrons. The first-order valence-electron chi connectivity index (χ1n) is 4.37. The average Bonchev–Trinajstić information content (AvgIpc) is 1.84. The predicted octanol–water partition coefficient (Wildman–Crippen LogP) is 2.98. The minimum atomic E-state index is 0.316. The second-order valence-corrected chi connectivity index (χ2v) is 4.28. The number of rotatable bonds is 4. The molecule has 1 nitrogen and oxygen atoms in total. The summed E-state index contributed by atoms with van der Waals surface area (Å²) in [6, 6.07) is 0. The van der Waals surface area contributed by atoms with E-state index in [1.165, 1.54) is 5.57 Å². The predicted molar refractivity (Wildman–Crippen MR) is 60.4 cm³/mol. The molecule has 2 heteroatoms. The zero-order chi connectivity index (χ0) is 9.56. The molecule has 0 bridgehead atoms. The summed E-state index contributed by atoms with van der Waals surface area (Å²) in [5, 5.41) is 0.316. The molecule has 1 atom stereocenters.